The van der Waals surface area contributed by atoms with E-state index in [0.29, 0.717) is 6.54 Å². The van der Waals surface area contributed by atoms with Crippen LogP contribution >= 0.6 is 0 Å². The lowest BCUT2D eigenvalue weighted by Gasteiger charge is -2.26. The number of rotatable bonds is 3. The van der Waals surface area contributed by atoms with Gasteiger partial charge >= 0.3 is 6.09 Å². The van der Waals surface area contributed by atoms with E-state index in [0.717, 1.165) is 12.8 Å². The van der Waals surface area contributed by atoms with Gasteiger partial charge in [-0.05, 0) is 19.8 Å². The van der Waals surface area contributed by atoms with Gasteiger partial charge < -0.3 is 14.5 Å². The number of cyclic esters (lactones) is 1. The summed E-state index contributed by atoms with van der Waals surface area (Å²) in [5.41, 5.74) is -0.888. The molecule has 2 heterocycles. The minimum atomic E-state index is -0.888. The van der Waals surface area contributed by atoms with Gasteiger partial charge in [-0.2, -0.15) is 0 Å². The number of amides is 1. The maximum atomic E-state index is 11.4. The number of carbonyl (C=O) groups excluding carboxylic acids is 1. The zero-order valence-electron chi connectivity index (χ0n) is 8.34. The minimum absolute atomic E-state index is 0.0926. The van der Waals surface area contributed by atoms with E-state index in [4.69, 9.17) is 4.74 Å². The van der Waals surface area contributed by atoms with Crippen LogP contribution in [0.5, 0.6) is 0 Å². The number of carbonyl (C=O) groups is 1. The van der Waals surface area contributed by atoms with Gasteiger partial charge in [0.05, 0.1) is 6.04 Å². The molecule has 2 atom stereocenters. The van der Waals surface area contributed by atoms with Crippen molar-refractivity contribution in [3.05, 3.63) is 10.1 Å². The van der Waals surface area contributed by atoms with Crippen molar-refractivity contribution in [2.24, 2.45) is 0 Å². The van der Waals surface area contributed by atoms with E-state index in [1.54, 1.807) is 11.8 Å². The maximum Gasteiger partial charge on any atom is 0.410 e. The molecule has 0 aromatic carbocycles. The van der Waals surface area contributed by atoms with Crippen LogP contribution in [0.1, 0.15) is 19.8 Å². The van der Waals surface area contributed by atoms with Crippen LogP contribution in [-0.2, 0) is 9.57 Å². The Balaban J connectivity index is 2.07. The van der Waals surface area contributed by atoms with Crippen LogP contribution < -0.4 is 0 Å². The third-order valence-electron chi connectivity index (χ3n) is 2.97. The summed E-state index contributed by atoms with van der Waals surface area (Å²) < 4.78 is 5.12. The van der Waals surface area contributed by atoms with Crippen LogP contribution in [0.3, 0.4) is 0 Å². The second kappa shape index (κ2) is 3.25. The first kappa shape index (κ1) is 10.0. The van der Waals surface area contributed by atoms with Crippen molar-refractivity contribution in [3.8, 4) is 0 Å². The Morgan fingerprint density at radius 2 is 2.53 bits per heavy atom. The Labute approximate surface area is 86.0 Å². The summed E-state index contributed by atoms with van der Waals surface area (Å²) in [6.45, 7) is 2.13. The van der Waals surface area contributed by atoms with Crippen LogP contribution in [0.25, 0.3) is 0 Å². The molecule has 84 valence electrons. The molecule has 2 saturated heterocycles. The highest BCUT2D eigenvalue weighted by molar-refractivity contribution is 5.72. The molecule has 0 aromatic rings. The Morgan fingerprint density at radius 3 is 3.20 bits per heavy atom. The fraction of sp³-hybridized carbons (Fsp3) is 0.875. The van der Waals surface area contributed by atoms with Gasteiger partial charge in [-0.15, -0.1) is 10.1 Å². The summed E-state index contributed by atoms with van der Waals surface area (Å²) in [5, 5.41) is 9.24. The summed E-state index contributed by atoms with van der Waals surface area (Å²) >= 11 is 0. The predicted octanol–water partition coefficient (Wildman–Crippen LogP) is 0.568. The summed E-state index contributed by atoms with van der Waals surface area (Å²) in [5.74, 6) is 0. The Hall–Kier alpha value is -1.53. The van der Waals surface area contributed by atoms with Gasteiger partial charge in [0.15, 0.2) is 5.60 Å². The molecule has 0 N–H and O–H groups in total. The quantitative estimate of drug-likeness (QED) is 0.508. The third-order valence-corrected chi connectivity index (χ3v) is 2.97. The van der Waals surface area contributed by atoms with Crippen LogP contribution in [0, 0.1) is 10.1 Å². The standard InChI is InChI=1S/C8H12N2O5/c1-8(5-14-10(12)13)6-3-2-4-9(6)7(11)15-8/h6H,2-5H2,1H3. The van der Waals surface area contributed by atoms with E-state index in [-0.39, 0.29) is 12.6 Å². The SMILES string of the molecule is CC1(CO[N+](=O)[O-])OC(=O)N2CCCC21. The van der Waals surface area contributed by atoms with E-state index in [9.17, 15) is 14.9 Å². The van der Waals surface area contributed by atoms with E-state index < -0.39 is 16.8 Å². The molecule has 7 nitrogen and oxygen atoms in total. The predicted molar refractivity (Wildman–Crippen MR) is 47.6 cm³/mol. The molecule has 0 spiro atoms. The van der Waals surface area contributed by atoms with Crippen LogP contribution in [-0.4, -0.2) is 40.9 Å². The molecule has 0 radical (unpaired) electrons. The molecule has 1 amide bonds. The van der Waals surface area contributed by atoms with Gasteiger partial charge in [0, 0.05) is 6.54 Å². The number of ether oxygens (including phenoxy) is 1. The zero-order chi connectivity index (χ0) is 11.1. The highest BCUT2D eigenvalue weighted by atomic mass is 17.0. The minimum Gasteiger partial charge on any atom is -0.439 e. The van der Waals surface area contributed by atoms with Gasteiger partial charge in [-0.1, -0.05) is 0 Å². The van der Waals surface area contributed by atoms with Gasteiger partial charge in [-0.3, -0.25) is 0 Å². The largest absolute Gasteiger partial charge is 0.439 e. The van der Waals surface area contributed by atoms with Gasteiger partial charge in [0.2, 0.25) is 0 Å². The monoisotopic (exact) mass is 216 g/mol. The molecule has 15 heavy (non-hydrogen) atoms. The topological polar surface area (TPSA) is 81.9 Å². The van der Waals surface area contributed by atoms with Crippen molar-refractivity contribution in [1.82, 2.24) is 4.90 Å². The fourth-order valence-corrected chi connectivity index (χ4v) is 2.25. The first-order chi connectivity index (χ1) is 7.03. The molecule has 2 aliphatic rings. The second-order valence-electron chi connectivity index (χ2n) is 4.03. The van der Waals surface area contributed by atoms with Crippen LogP contribution in [0.15, 0.2) is 0 Å². The number of hydrogen-bond donors (Lipinski definition) is 0. The second-order valence-corrected chi connectivity index (χ2v) is 4.03. The Morgan fingerprint density at radius 1 is 1.80 bits per heavy atom. The normalized spacial score (nSPS) is 33.8. The highest BCUT2D eigenvalue weighted by Crippen LogP contribution is 2.36. The zero-order valence-corrected chi connectivity index (χ0v) is 8.34. The van der Waals surface area contributed by atoms with E-state index in [1.165, 1.54) is 0 Å². The van der Waals surface area contributed by atoms with Crippen molar-refractivity contribution in [3.63, 3.8) is 0 Å². The Bertz CT molecular complexity index is 307. The lowest BCUT2D eigenvalue weighted by molar-refractivity contribution is -0.760. The van der Waals surface area contributed by atoms with Gasteiger partial charge in [0.1, 0.15) is 6.61 Å². The molecule has 2 aliphatic heterocycles. The lowest BCUT2D eigenvalue weighted by atomic mass is 9.96. The van der Waals surface area contributed by atoms with E-state index in [2.05, 4.69) is 4.84 Å². The van der Waals surface area contributed by atoms with Crippen molar-refractivity contribution < 1.29 is 19.5 Å². The average Bonchev–Trinajstić information content (AvgIpc) is 2.70. The van der Waals surface area contributed by atoms with Crippen molar-refractivity contribution in [2.45, 2.75) is 31.4 Å². The molecule has 0 aromatic heterocycles. The van der Waals surface area contributed by atoms with Crippen LogP contribution in [0.4, 0.5) is 4.79 Å². The first-order valence-electron chi connectivity index (χ1n) is 4.80. The lowest BCUT2D eigenvalue weighted by Crippen LogP contribution is -2.43. The van der Waals surface area contributed by atoms with Crippen molar-refractivity contribution >= 4 is 6.09 Å². The van der Waals surface area contributed by atoms with Crippen molar-refractivity contribution in [1.29, 1.82) is 0 Å². The maximum absolute atomic E-state index is 11.4. The molecule has 0 bridgehead atoms. The van der Waals surface area contributed by atoms with Crippen molar-refractivity contribution in [2.75, 3.05) is 13.2 Å². The molecule has 0 aliphatic carbocycles. The molecule has 2 rings (SSSR count). The summed E-state index contributed by atoms with van der Waals surface area (Å²) in [7, 11) is 0. The van der Waals surface area contributed by atoms with Crippen LogP contribution in [0.2, 0.25) is 0 Å². The number of nitrogens with zero attached hydrogens (tertiary/aromatic N) is 2. The molecule has 7 heteroatoms. The molecule has 2 fully saturated rings. The summed E-state index contributed by atoms with van der Waals surface area (Å²) in [6, 6.07) is -0.0926. The summed E-state index contributed by atoms with van der Waals surface area (Å²) in [6.07, 6.45) is 1.32. The van der Waals surface area contributed by atoms with E-state index in [1.807, 2.05) is 0 Å². The molecule has 2 unspecified atom stereocenters. The highest BCUT2D eigenvalue weighted by Gasteiger charge is 2.53. The molecular weight excluding hydrogens is 204 g/mol. The number of fused-ring (bicyclic) bond motifs is 1. The number of hydrogen-bond acceptors (Lipinski definition) is 5. The fourth-order valence-electron chi connectivity index (χ4n) is 2.25. The first-order valence-corrected chi connectivity index (χ1v) is 4.80. The Kier molecular flexibility index (Phi) is 2.17. The smallest absolute Gasteiger partial charge is 0.410 e. The molecular formula is C8H12N2O5. The molecule has 0 saturated carbocycles. The van der Waals surface area contributed by atoms with Gasteiger partial charge in [-0.25, -0.2) is 4.79 Å². The van der Waals surface area contributed by atoms with Gasteiger partial charge in [0.25, 0.3) is 5.09 Å². The summed E-state index contributed by atoms with van der Waals surface area (Å²) in [4.78, 5) is 27.4. The third kappa shape index (κ3) is 1.57. The van der Waals surface area contributed by atoms with E-state index >= 15 is 0 Å². The average molecular weight is 216 g/mol.